The Bertz CT molecular complexity index is 6070. The van der Waals surface area contributed by atoms with Crippen LogP contribution >= 0.6 is 155 Å². The van der Waals surface area contributed by atoms with Crippen molar-refractivity contribution in [3.05, 3.63) is 265 Å². The molecule has 0 spiro atoms. The van der Waals surface area contributed by atoms with E-state index in [4.69, 9.17) is 158 Å². The number of halogens is 21. The molecule has 0 saturated heterocycles. The number of aliphatic hydroxyl groups is 1. The maximum Gasteiger partial charge on any atom is 1.00 e. The van der Waals surface area contributed by atoms with Crippen LogP contribution in [0.4, 0.5) is 43.9 Å². The Morgan fingerprint density at radius 1 is 0.403 bits per heavy atom. The minimum Gasteiger partial charge on any atom is -1.00 e. The molecule has 6 heterocycles. The molecule has 2 saturated carbocycles. The zero-order valence-corrected chi connectivity index (χ0v) is 96.5. The van der Waals surface area contributed by atoms with Crippen molar-refractivity contribution < 1.29 is 243 Å². The quantitative estimate of drug-likeness (QED) is 0.0107. The molecule has 3 radical (unpaired) electrons. The first-order valence-corrected chi connectivity index (χ1v) is 50.1. The second-order valence-corrected chi connectivity index (χ2v) is 44.1. The summed E-state index contributed by atoms with van der Waals surface area (Å²) in [5, 5.41) is 50.8. The van der Waals surface area contributed by atoms with Gasteiger partial charge in [0.2, 0.25) is 56.5 Å². The summed E-state index contributed by atoms with van der Waals surface area (Å²) in [5.74, 6) is -0.230. The Balaban J connectivity index is 0.00000161. The summed E-state index contributed by atoms with van der Waals surface area (Å²) in [7, 11) is 13.0. The number of ether oxygens (including phenoxy) is 17. The molecular weight excluding hydrogens is 2590 g/mol. The van der Waals surface area contributed by atoms with E-state index < -0.39 is 89.9 Å². The number of hydrogen-bond donors (Lipinski definition) is 5. The van der Waals surface area contributed by atoms with E-state index in [0.717, 1.165) is 48.5 Å². The van der Waals surface area contributed by atoms with Crippen LogP contribution in [0, 0.1) is 83.2 Å². The minimum atomic E-state index is -1.67. The normalized spacial score (nSPS) is 12.3. The Morgan fingerprint density at radius 2 is 0.644 bits per heavy atom. The van der Waals surface area contributed by atoms with Gasteiger partial charge in [-0.2, -0.15) is 0 Å². The summed E-state index contributed by atoms with van der Waals surface area (Å²) in [4.78, 5) is 68.1. The third-order valence-electron chi connectivity index (χ3n) is 18.4. The molecule has 2 fully saturated rings. The van der Waals surface area contributed by atoms with Gasteiger partial charge in [0.15, 0.2) is 146 Å². The fraction of sp³-hybridized carbons (Fsp3) is 0.233. The van der Waals surface area contributed by atoms with Crippen molar-refractivity contribution in [2.75, 3.05) is 80.4 Å². The van der Waals surface area contributed by atoms with Gasteiger partial charge in [0.25, 0.3) is 12.0 Å². The van der Waals surface area contributed by atoms with Crippen molar-refractivity contribution in [2.24, 2.45) is 0 Å². The average Bonchev–Trinajstić information content (AvgIpc) is 1.60. The number of aldehydes is 5. The molecule has 0 aromatic heterocycles. The van der Waals surface area contributed by atoms with E-state index in [0.29, 0.717) is 159 Å². The number of benzene rings is 10. The zero-order valence-electron chi connectivity index (χ0n) is 78.6. The summed E-state index contributed by atoms with van der Waals surface area (Å²) in [6.07, 6.45) is 4.56. The standard InChI is InChI=1S/C11H8FNO2.C11H9FO4.C9H6FNO2.2C9H9FO3.C8H6ClFO2.C8H7FO3.C8H5FO3.2C7H5FO3.C2H4BrCl.CN.2BBr3.B.Cl2OS.2Na.H/c1-13-11(2-3-11)7-4-9-10(5-8(7)12)15-6-14-9;12-8-4-10-9(14-6-15-10)3-7(8)11(1-2-11)16-5-13;1-11-4-6-2-8-9(3-7(6)10)13-5-12-8;2*1-12-8-3-6(5-11)7(10)4-9(8)13-2;9-3-5-1-7-8(2-6(5)10)12-4-11-7;2*9-6-2-8-7(11-4-12-8)1-5(6)3-10;2*8-5-2-7(11)6(10)1-4(5)3-9;3-1-2-4;1-2;2*2-1(3)4;;1-4(2)3;;;/h4-5H,2-3,6H2;3-5H,1-2,6H2;2-3H,4-5H2;2*3-5H,1-2H3;1-2H,3-4H2;1-2,10H,3-4H2;1-3H,4H2;2*1-3,10-11H;1-2H2;;;;;;;;/q;;;;;;;;;;;-1;;;;;2*+1;-1. The molecule has 787 valence electrons. The molecule has 149 heavy (non-hydrogen) atoms. The molecule has 6 aliphatic heterocycles. The van der Waals surface area contributed by atoms with Crippen molar-refractivity contribution in [3.8, 4) is 115 Å². The van der Waals surface area contributed by atoms with E-state index in [1.807, 2.05) is 0 Å². The van der Waals surface area contributed by atoms with E-state index >= 15 is 0 Å². The van der Waals surface area contributed by atoms with E-state index in [-0.39, 0.29) is 204 Å². The van der Waals surface area contributed by atoms with Crippen molar-refractivity contribution >= 4 is 217 Å². The van der Waals surface area contributed by atoms with E-state index in [1.54, 1.807) is 18.2 Å². The second-order valence-electron chi connectivity index (χ2n) is 27.3. The smallest absolute Gasteiger partial charge is 1.00 e. The monoisotopic (exact) mass is 2650 g/mol. The number of fused-ring (bicyclic) bond motifs is 6. The number of methoxy groups -OCH3 is 4. The molecule has 0 amide bonds. The molecule has 0 atom stereocenters. The number of hydrogen-bond acceptors (Lipinski definition) is 30. The fourth-order valence-corrected chi connectivity index (χ4v) is 11.5. The molecule has 0 bridgehead atoms. The number of carbonyl (C=O) groups is 6. The number of rotatable bonds is 17. The molecule has 32 nitrogen and oxygen atoms in total. The van der Waals surface area contributed by atoms with Gasteiger partial charge in [-0.1, -0.05) is 15.9 Å². The van der Waals surface area contributed by atoms with Gasteiger partial charge in [0.05, 0.1) is 79.9 Å². The first-order chi connectivity index (χ1) is 69.6. The third-order valence-corrected chi connectivity index (χ3v) is 19.7. The van der Waals surface area contributed by atoms with Gasteiger partial charge in [-0.05, 0) is 73.5 Å². The Labute approximate surface area is 971 Å². The predicted octanol–water partition coefficient (Wildman–Crippen LogP) is 17.1. The first-order valence-electron chi connectivity index (χ1n) is 39.6. The fourth-order valence-electron chi connectivity index (χ4n) is 11.3. The van der Waals surface area contributed by atoms with Gasteiger partial charge in [-0.25, -0.2) is 61.3 Å². The van der Waals surface area contributed by atoms with E-state index in [2.05, 4.69) is 142 Å². The van der Waals surface area contributed by atoms with Crippen LogP contribution in [0.1, 0.15) is 107 Å². The number of phenols is 4. The molecule has 0 unspecified atom stereocenters. The molecule has 8 aliphatic rings. The van der Waals surface area contributed by atoms with Crippen LogP contribution < -0.4 is 135 Å². The van der Waals surface area contributed by atoms with Crippen molar-refractivity contribution in [1.82, 2.24) is 0 Å². The summed E-state index contributed by atoms with van der Waals surface area (Å²) in [6.45, 7) is 19.2. The van der Waals surface area contributed by atoms with Crippen LogP contribution in [0.2, 0.25) is 0 Å². The molecule has 5 N–H and O–H groups in total. The SMILES string of the molecule is BrB(Br)Br.BrB(Br)Br.COc1cc(F)c(C=O)cc1OC.COc1cc(F)c(C=O)cc1OC.ClCCBr.Fc1cc2c(cc1CCl)OCO2.O=COC1(c2cc3c(cc2F)OCO3)CC1.O=Cc1cc(O)c(O)cc1F.O=Cc1cc(O)c(O)cc1F.O=Cc1cc2c(cc1F)OCO2.O=S(Cl)Cl.OCc1cc2c(cc1F)OCO2.[B].[C-]#N.[C-]#[N+]C1(c2cc3c(cc2F)OCO3)CC1.[C-]#[N+]Cc1cc2c(cc1F)OCO2.[H-].[Na+].[Na+]. The third kappa shape index (κ3) is 44.3. The van der Waals surface area contributed by atoms with Crippen LogP contribution in [0.15, 0.2) is 121 Å². The maximum atomic E-state index is 13.8. The van der Waals surface area contributed by atoms with Crippen molar-refractivity contribution in [2.45, 2.75) is 55.9 Å². The second kappa shape index (κ2) is 71.5. The van der Waals surface area contributed by atoms with Crippen LogP contribution in [-0.4, -0.2) is 163 Å². The van der Waals surface area contributed by atoms with Gasteiger partial charge in [-0.3, -0.25) is 28.8 Å². The number of phenolic OH excluding ortho intramolecular Hbond substituents is 4. The molecule has 10 aromatic carbocycles. The van der Waals surface area contributed by atoms with Crippen LogP contribution in [-0.2, 0) is 48.9 Å². The molecular formula is C90H74B3Br7Cl4F10N3Na2O29S. The Morgan fingerprint density at radius 3 is 0.933 bits per heavy atom. The molecule has 18 rings (SSSR count). The Hall–Kier alpha value is -9.39. The van der Waals surface area contributed by atoms with Gasteiger partial charge in [-0.15, -0.1) is 118 Å². The van der Waals surface area contributed by atoms with E-state index in [1.165, 1.54) is 89.1 Å². The van der Waals surface area contributed by atoms with Crippen molar-refractivity contribution in [3.63, 3.8) is 0 Å². The van der Waals surface area contributed by atoms with Crippen molar-refractivity contribution in [1.29, 1.82) is 5.26 Å². The van der Waals surface area contributed by atoms with Gasteiger partial charge >= 0.3 is 65.5 Å². The topological polar surface area (TPSA) is 410 Å². The largest absolute Gasteiger partial charge is 1.00 e. The van der Waals surface area contributed by atoms with Crippen LogP contribution in [0.5, 0.6) is 115 Å². The summed E-state index contributed by atoms with van der Waals surface area (Å²) < 4.78 is 225. The predicted molar refractivity (Wildman–Crippen MR) is 543 cm³/mol. The number of alkyl halides is 3. The molecule has 59 heteroatoms. The minimum absolute atomic E-state index is 0. The number of nitrogens with zero attached hydrogens (tertiary/aromatic N) is 3. The van der Waals surface area contributed by atoms with Crippen LogP contribution in [0.25, 0.3) is 9.69 Å². The zero-order chi connectivity index (χ0) is 109. The number of carbonyl (C=O) groups excluding carboxylic acids is 6. The molecule has 10 aromatic rings. The van der Waals surface area contributed by atoms with Gasteiger partial charge in [0.1, 0.15) is 63.8 Å². The molecule has 2 aliphatic carbocycles. The summed E-state index contributed by atoms with van der Waals surface area (Å²) >= 11 is 32.4. The Kier molecular flexibility index (Phi) is 66.0. The van der Waals surface area contributed by atoms with E-state index in [9.17, 15) is 72.7 Å². The number of aromatic hydroxyl groups is 4. The van der Waals surface area contributed by atoms with Gasteiger partial charge < -0.3 is 129 Å². The number of aliphatic hydroxyl groups excluding tert-OH is 1. The first kappa shape index (κ1) is 138. The maximum absolute atomic E-state index is 13.8. The summed E-state index contributed by atoms with van der Waals surface area (Å²) in [6, 6.07) is 24.4. The summed E-state index contributed by atoms with van der Waals surface area (Å²) in [5.41, 5.74) is -0.266. The van der Waals surface area contributed by atoms with Crippen LogP contribution in [0.3, 0.4) is 0 Å². The average molecular weight is 2660 g/mol. The van der Waals surface area contributed by atoms with Gasteiger partial charge in [0, 0.05) is 131 Å².